The summed E-state index contributed by atoms with van der Waals surface area (Å²) in [5.74, 6) is 0.757. The van der Waals surface area contributed by atoms with Crippen molar-refractivity contribution in [3.05, 3.63) is 77.3 Å². The highest BCUT2D eigenvalue weighted by Crippen LogP contribution is 2.32. The fourth-order valence-electron chi connectivity index (χ4n) is 4.06. The summed E-state index contributed by atoms with van der Waals surface area (Å²) in [4.78, 5) is 34.5. The van der Waals surface area contributed by atoms with Crippen LogP contribution in [0.25, 0.3) is 11.6 Å². The van der Waals surface area contributed by atoms with Crippen molar-refractivity contribution in [2.45, 2.75) is 59.7 Å². The number of carbonyl (C=O) groups excluding carboxylic acids is 2. The van der Waals surface area contributed by atoms with E-state index in [-0.39, 0.29) is 24.2 Å². The summed E-state index contributed by atoms with van der Waals surface area (Å²) in [6.07, 6.45) is 3.21. The van der Waals surface area contributed by atoms with Gasteiger partial charge in [-0.2, -0.15) is 4.80 Å². The highest BCUT2D eigenvalue weighted by molar-refractivity contribution is 6.01. The lowest BCUT2D eigenvalue weighted by Crippen LogP contribution is -2.50. The minimum Gasteiger partial charge on any atom is -0.458 e. The number of pyridine rings is 1. The number of benzene rings is 1. The minimum absolute atomic E-state index is 0.232. The van der Waals surface area contributed by atoms with Gasteiger partial charge in [-0.25, -0.2) is 0 Å². The molecule has 0 fully saturated rings. The van der Waals surface area contributed by atoms with Crippen LogP contribution in [-0.4, -0.2) is 42.5 Å². The first-order chi connectivity index (χ1) is 17.5. The molecule has 192 valence electrons. The fraction of sp³-hybridized carbons (Fsp3) is 0.333. The summed E-state index contributed by atoms with van der Waals surface area (Å²) in [6.45, 7) is 11.2. The Labute approximate surface area is 215 Å². The van der Waals surface area contributed by atoms with Crippen LogP contribution in [0.2, 0.25) is 0 Å². The van der Waals surface area contributed by atoms with Gasteiger partial charge in [0.2, 0.25) is 11.7 Å². The number of nitrogens with zero attached hydrogens (tertiary/aromatic N) is 6. The first kappa shape index (κ1) is 25.7. The van der Waals surface area contributed by atoms with Gasteiger partial charge in [-0.1, -0.05) is 17.7 Å². The number of hydrogen-bond donors (Lipinski definition) is 1. The number of rotatable bonds is 7. The van der Waals surface area contributed by atoms with Crippen LogP contribution in [0.1, 0.15) is 49.3 Å². The molecule has 0 spiro atoms. The molecular weight excluding hydrogens is 470 g/mol. The second kappa shape index (κ2) is 10.3. The van der Waals surface area contributed by atoms with Crippen molar-refractivity contribution >= 4 is 17.5 Å². The molecule has 1 N–H and O–H groups in total. The van der Waals surface area contributed by atoms with Gasteiger partial charge in [0.05, 0.1) is 0 Å². The van der Waals surface area contributed by atoms with Crippen LogP contribution < -0.4 is 10.2 Å². The van der Waals surface area contributed by atoms with E-state index >= 15 is 0 Å². The molecule has 4 aromatic rings. The summed E-state index contributed by atoms with van der Waals surface area (Å²) in [7, 11) is 0. The Hall–Kier alpha value is -4.34. The summed E-state index contributed by atoms with van der Waals surface area (Å²) in [5.41, 5.74) is 2.63. The normalized spacial score (nSPS) is 12.3. The molecule has 10 nitrogen and oxygen atoms in total. The van der Waals surface area contributed by atoms with Crippen LogP contribution in [0.5, 0.6) is 0 Å². The quantitative estimate of drug-likeness (QED) is 0.407. The first-order valence-corrected chi connectivity index (χ1v) is 12.0. The van der Waals surface area contributed by atoms with Gasteiger partial charge in [0.15, 0.2) is 5.76 Å². The van der Waals surface area contributed by atoms with Crippen molar-refractivity contribution in [2.24, 2.45) is 0 Å². The minimum atomic E-state index is -0.952. The standard InChI is InChI=1S/C27H31N7O3/c1-17-7-9-21(18(2)15-17)34(24(20-11-13-28-14-12-20)26(36)29-27(4,5)6)23(35)16-33-31-25(30-32-33)22-10-8-19(3)37-22/h7-15,24H,16H2,1-6H3,(H,29,36). The Kier molecular flexibility index (Phi) is 7.19. The topological polar surface area (TPSA) is 119 Å². The Balaban J connectivity index is 1.76. The van der Waals surface area contributed by atoms with E-state index in [9.17, 15) is 9.59 Å². The molecule has 1 atom stereocenters. The zero-order valence-electron chi connectivity index (χ0n) is 21.9. The van der Waals surface area contributed by atoms with Crippen molar-refractivity contribution in [3.8, 4) is 11.6 Å². The lowest BCUT2D eigenvalue weighted by Gasteiger charge is -2.34. The van der Waals surface area contributed by atoms with E-state index in [1.54, 1.807) is 36.7 Å². The van der Waals surface area contributed by atoms with E-state index in [1.807, 2.05) is 59.7 Å². The predicted molar refractivity (Wildman–Crippen MR) is 139 cm³/mol. The Bertz CT molecular complexity index is 1400. The molecule has 0 radical (unpaired) electrons. The zero-order valence-corrected chi connectivity index (χ0v) is 21.9. The van der Waals surface area contributed by atoms with E-state index in [4.69, 9.17) is 4.42 Å². The average Bonchev–Trinajstić information content (AvgIpc) is 3.46. The van der Waals surface area contributed by atoms with Crippen molar-refractivity contribution in [1.29, 1.82) is 0 Å². The van der Waals surface area contributed by atoms with Crippen LogP contribution in [0.4, 0.5) is 5.69 Å². The van der Waals surface area contributed by atoms with Gasteiger partial charge in [-0.05, 0) is 88.2 Å². The van der Waals surface area contributed by atoms with Gasteiger partial charge >= 0.3 is 0 Å². The molecule has 0 bridgehead atoms. The smallest absolute Gasteiger partial charge is 0.251 e. The van der Waals surface area contributed by atoms with Crippen molar-refractivity contribution < 1.29 is 14.0 Å². The third kappa shape index (κ3) is 6.08. The number of aromatic nitrogens is 5. The number of anilines is 1. The fourth-order valence-corrected chi connectivity index (χ4v) is 4.06. The molecule has 0 aliphatic carbocycles. The molecule has 1 unspecified atom stereocenters. The van der Waals surface area contributed by atoms with Crippen LogP contribution in [0.3, 0.4) is 0 Å². The maximum absolute atomic E-state index is 14.0. The van der Waals surface area contributed by atoms with Crippen LogP contribution in [0.15, 0.2) is 59.3 Å². The average molecular weight is 502 g/mol. The van der Waals surface area contributed by atoms with Gasteiger partial charge in [-0.15, -0.1) is 10.2 Å². The SMILES string of the molecule is Cc1ccc(N(C(=O)Cn2nnc(-c3ccc(C)o3)n2)C(C(=O)NC(C)(C)C)c2ccncc2)c(C)c1. The van der Waals surface area contributed by atoms with Crippen LogP contribution in [-0.2, 0) is 16.1 Å². The highest BCUT2D eigenvalue weighted by Gasteiger charge is 2.35. The molecule has 4 rings (SSSR count). The monoisotopic (exact) mass is 501 g/mol. The molecular formula is C27H31N7O3. The number of aryl methyl sites for hydroxylation is 3. The number of nitrogens with one attached hydrogen (secondary N) is 1. The second-order valence-corrected chi connectivity index (χ2v) is 10.0. The van der Waals surface area contributed by atoms with Crippen molar-refractivity contribution in [1.82, 2.24) is 30.5 Å². The Morgan fingerprint density at radius 3 is 2.41 bits per heavy atom. The molecule has 0 saturated heterocycles. The Morgan fingerprint density at radius 2 is 1.78 bits per heavy atom. The van der Waals surface area contributed by atoms with E-state index in [0.29, 0.717) is 22.8 Å². The number of amides is 2. The summed E-state index contributed by atoms with van der Waals surface area (Å²) in [5, 5.41) is 15.4. The lowest BCUT2D eigenvalue weighted by atomic mass is 10.00. The number of hydrogen-bond acceptors (Lipinski definition) is 7. The van der Waals surface area contributed by atoms with E-state index in [2.05, 4.69) is 25.7 Å². The lowest BCUT2D eigenvalue weighted by molar-refractivity contribution is -0.128. The maximum atomic E-state index is 14.0. The zero-order chi connectivity index (χ0) is 26.7. The van der Waals surface area contributed by atoms with Crippen LogP contribution >= 0.6 is 0 Å². The van der Waals surface area contributed by atoms with Gasteiger partial charge in [0, 0.05) is 23.6 Å². The van der Waals surface area contributed by atoms with E-state index < -0.39 is 11.6 Å². The molecule has 0 aliphatic rings. The molecule has 3 heterocycles. The van der Waals surface area contributed by atoms with Gasteiger partial charge in [0.1, 0.15) is 18.3 Å². The molecule has 0 aliphatic heterocycles. The third-order valence-electron chi connectivity index (χ3n) is 5.60. The summed E-state index contributed by atoms with van der Waals surface area (Å²) < 4.78 is 5.57. The van der Waals surface area contributed by atoms with Gasteiger partial charge in [-0.3, -0.25) is 19.5 Å². The maximum Gasteiger partial charge on any atom is 0.251 e. The third-order valence-corrected chi connectivity index (χ3v) is 5.60. The highest BCUT2D eigenvalue weighted by atomic mass is 16.3. The van der Waals surface area contributed by atoms with E-state index in [1.165, 1.54) is 9.70 Å². The van der Waals surface area contributed by atoms with Gasteiger partial charge in [0.25, 0.3) is 5.91 Å². The molecule has 1 aromatic carbocycles. The molecule has 3 aromatic heterocycles. The second-order valence-electron chi connectivity index (χ2n) is 10.0. The first-order valence-electron chi connectivity index (χ1n) is 12.0. The summed E-state index contributed by atoms with van der Waals surface area (Å²) in [6, 6.07) is 11.8. The number of furan rings is 1. The number of tetrazole rings is 1. The number of carbonyl (C=O) groups is 2. The predicted octanol–water partition coefficient (Wildman–Crippen LogP) is 3.94. The largest absolute Gasteiger partial charge is 0.458 e. The summed E-state index contributed by atoms with van der Waals surface area (Å²) >= 11 is 0. The van der Waals surface area contributed by atoms with Crippen molar-refractivity contribution in [3.63, 3.8) is 0 Å². The molecule has 10 heteroatoms. The molecule has 37 heavy (non-hydrogen) atoms. The van der Waals surface area contributed by atoms with Crippen LogP contribution in [0, 0.1) is 20.8 Å². The Morgan fingerprint density at radius 1 is 1.05 bits per heavy atom. The van der Waals surface area contributed by atoms with Gasteiger partial charge < -0.3 is 9.73 Å². The molecule has 0 saturated carbocycles. The molecule has 2 amide bonds. The van der Waals surface area contributed by atoms with E-state index in [0.717, 1.165) is 11.1 Å². The van der Waals surface area contributed by atoms with Crippen molar-refractivity contribution in [2.75, 3.05) is 4.90 Å².